The molecule has 13 heteroatoms. The normalized spacial score (nSPS) is 22.3. The van der Waals surface area contributed by atoms with Gasteiger partial charge in [-0.3, -0.25) is 19.3 Å². The number of aliphatic hydroxyl groups is 3. The molecule has 0 radical (unpaired) electrons. The molecule has 0 fully saturated rings. The maximum absolute atomic E-state index is 14.7. The molecule has 2 aromatic rings. The summed E-state index contributed by atoms with van der Waals surface area (Å²) < 4.78 is 0. The number of anilines is 2. The van der Waals surface area contributed by atoms with Gasteiger partial charge in [0.05, 0.1) is 23.8 Å². The maximum Gasteiger partial charge on any atom is 0.255 e. The van der Waals surface area contributed by atoms with Crippen LogP contribution < -0.4 is 21.7 Å². The van der Waals surface area contributed by atoms with Crippen LogP contribution in [0.3, 0.4) is 0 Å². The van der Waals surface area contributed by atoms with Gasteiger partial charge in [0.2, 0.25) is 5.78 Å². The lowest BCUT2D eigenvalue weighted by Gasteiger charge is -2.51. The number of phenolic OH excluding ortho intramolecular Hbond substituents is 1. The highest BCUT2D eigenvalue weighted by atomic mass is 16.3. The van der Waals surface area contributed by atoms with Crippen LogP contribution in [-0.4, -0.2) is 88.6 Å². The fraction of sp³-hybridized carbons (Fsp3) is 0.412. The lowest BCUT2D eigenvalue weighted by atomic mass is 9.56. The molecule has 0 bridgehead atoms. The summed E-state index contributed by atoms with van der Waals surface area (Å²) in [7, 11) is 6.60. The van der Waals surface area contributed by atoms with Crippen molar-refractivity contribution in [2.45, 2.75) is 52.3 Å². The molecule has 0 aromatic heterocycles. The Kier molecular flexibility index (Phi) is 8.97. The molecular weight excluding hydrogens is 604 g/mol. The molecular formula is C34H44N6O7. The van der Waals surface area contributed by atoms with Crippen molar-refractivity contribution in [1.29, 1.82) is 0 Å². The number of likely N-dealkylation sites (N-methyl/N-ethyl adjacent to an activating group) is 1. The average molecular weight is 649 g/mol. The number of primary amides is 1. The number of hydrogen-bond acceptors (Lipinski definition) is 10. The predicted molar refractivity (Wildman–Crippen MR) is 180 cm³/mol. The summed E-state index contributed by atoms with van der Waals surface area (Å²) in [6, 6.07) is 9.78. The number of carbonyl (C=O) groups is 3. The van der Waals surface area contributed by atoms with Crippen molar-refractivity contribution in [3.8, 4) is 5.75 Å². The lowest BCUT2D eigenvalue weighted by molar-refractivity contribution is -0.160. The van der Waals surface area contributed by atoms with Crippen LogP contribution in [0.5, 0.6) is 5.75 Å². The van der Waals surface area contributed by atoms with E-state index < -0.39 is 62.8 Å². The Labute approximate surface area is 273 Å². The summed E-state index contributed by atoms with van der Waals surface area (Å²) in [5.41, 5.74) is 6.62. The van der Waals surface area contributed by atoms with Crippen molar-refractivity contribution in [1.82, 2.24) is 4.90 Å². The third-order valence-corrected chi connectivity index (χ3v) is 9.18. The summed E-state index contributed by atoms with van der Waals surface area (Å²) >= 11 is 0. The lowest BCUT2D eigenvalue weighted by Crippen LogP contribution is -2.68. The Bertz CT molecular complexity index is 1740. The van der Waals surface area contributed by atoms with Crippen LogP contribution in [0.2, 0.25) is 0 Å². The molecule has 1 amide bonds. The van der Waals surface area contributed by atoms with Gasteiger partial charge >= 0.3 is 0 Å². The second-order valence-electron chi connectivity index (χ2n) is 13.7. The molecule has 13 nitrogen and oxygen atoms in total. The molecule has 2 aromatic carbocycles. The number of aliphatic imine (C=N–C) groups is 1. The molecule has 0 aliphatic heterocycles. The third-order valence-electron chi connectivity index (χ3n) is 9.18. The maximum atomic E-state index is 14.7. The highest BCUT2D eigenvalue weighted by molar-refractivity contribution is 6.24. The van der Waals surface area contributed by atoms with Gasteiger partial charge in [-0.05, 0) is 37.7 Å². The number of benzene rings is 2. The molecule has 0 saturated carbocycles. The average Bonchev–Trinajstić information content (AvgIpc) is 2.95. The van der Waals surface area contributed by atoms with Gasteiger partial charge in [0.15, 0.2) is 17.3 Å². The summed E-state index contributed by atoms with van der Waals surface area (Å²) in [5, 5.41) is 50.0. The van der Waals surface area contributed by atoms with Crippen LogP contribution in [-0.2, 0) is 27.3 Å². The Morgan fingerprint density at radius 3 is 2.15 bits per heavy atom. The summed E-state index contributed by atoms with van der Waals surface area (Å²) in [5.74, 6) is -5.62. The van der Waals surface area contributed by atoms with Gasteiger partial charge in [0, 0.05) is 36.2 Å². The smallest absolute Gasteiger partial charge is 0.255 e. The summed E-state index contributed by atoms with van der Waals surface area (Å²) in [4.78, 5) is 48.0. The summed E-state index contributed by atoms with van der Waals surface area (Å²) in [6.45, 7) is 6.41. The first-order valence-corrected chi connectivity index (χ1v) is 15.0. The number of aliphatic hydroxyl groups excluding tert-OH is 2. The second kappa shape index (κ2) is 12.0. The zero-order valence-corrected chi connectivity index (χ0v) is 28.0. The fourth-order valence-electron chi connectivity index (χ4n) is 6.92. The van der Waals surface area contributed by atoms with E-state index in [0.717, 1.165) is 5.56 Å². The van der Waals surface area contributed by atoms with Gasteiger partial charge < -0.3 is 42.1 Å². The largest absolute Gasteiger partial charge is 0.508 e. The standard InChI is InChI=1S/C34H44N6O7/c1-32(2)15-18-20(39(5)6)14-19(38-31(36)37-16-17-12-10-9-11-13-17)24(41)21(18)25(42)23(32)29(45)34(47)28(44)22(30(35)46)26(43)27(40(7)8)33(34,3)4/h9-14,27,41-42,44,47H,15-16H2,1-8H3,(H2,35,46)(H3,36,37,38)/t27?,34-/m1/s1. The first kappa shape index (κ1) is 35.0. The Morgan fingerprint density at radius 1 is 1.02 bits per heavy atom. The predicted octanol–water partition coefficient (Wildman–Crippen LogP) is 2.37. The first-order chi connectivity index (χ1) is 21.7. The monoisotopic (exact) mass is 648 g/mol. The number of nitrogens with one attached hydrogen (secondary N) is 1. The molecule has 2 aliphatic rings. The van der Waals surface area contributed by atoms with Gasteiger partial charge in [0.1, 0.15) is 22.8 Å². The Morgan fingerprint density at radius 2 is 1.62 bits per heavy atom. The number of fused-ring (bicyclic) bond motifs is 1. The second-order valence-corrected chi connectivity index (χ2v) is 13.7. The number of rotatable bonds is 8. The van der Waals surface area contributed by atoms with Crippen molar-refractivity contribution >= 4 is 40.6 Å². The van der Waals surface area contributed by atoms with Gasteiger partial charge in [-0.1, -0.05) is 58.0 Å². The number of amides is 1. The number of Topliss-reactive ketones (excluding diaryl/α,β-unsaturated/α-hetero) is 2. The molecule has 0 spiro atoms. The van der Waals surface area contributed by atoms with E-state index in [1.807, 2.05) is 30.3 Å². The van der Waals surface area contributed by atoms with Crippen molar-refractivity contribution in [2.75, 3.05) is 38.4 Å². The minimum Gasteiger partial charge on any atom is -0.508 e. The van der Waals surface area contributed by atoms with E-state index in [1.165, 1.54) is 32.8 Å². The van der Waals surface area contributed by atoms with Crippen molar-refractivity contribution in [3.05, 3.63) is 70.0 Å². The van der Waals surface area contributed by atoms with Crippen LogP contribution in [0.25, 0.3) is 5.76 Å². The number of phenols is 1. The molecule has 2 atom stereocenters. The highest BCUT2D eigenvalue weighted by Gasteiger charge is 2.66. The van der Waals surface area contributed by atoms with Gasteiger partial charge in [-0.15, -0.1) is 0 Å². The number of ketones is 2. The molecule has 0 heterocycles. The third kappa shape index (κ3) is 5.59. The molecule has 0 saturated heterocycles. The van der Waals surface area contributed by atoms with E-state index in [4.69, 9.17) is 11.5 Å². The number of nitrogens with two attached hydrogens (primary N) is 2. The Balaban J connectivity index is 1.95. The molecule has 47 heavy (non-hydrogen) atoms. The Hall–Kier alpha value is -4.88. The van der Waals surface area contributed by atoms with E-state index >= 15 is 0 Å². The minimum absolute atomic E-state index is 0.0172. The number of guanidine groups is 1. The van der Waals surface area contributed by atoms with E-state index in [1.54, 1.807) is 38.9 Å². The zero-order valence-electron chi connectivity index (χ0n) is 28.0. The van der Waals surface area contributed by atoms with E-state index in [0.29, 0.717) is 11.3 Å². The fourth-order valence-corrected chi connectivity index (χ4v) is 6.92. The van der Waals surface area contributed by atoms with E-state index in [2.05, 4.69) is 10.3 Å². The molecule has 9 N–H and O–H groups in total. The molecule has 2 aliphatic carbocycles. The number of hydrogen-bond donors (Lipinski definition) is 7. The molecule has 1 unspecified atom stereocenters. The number of nitrogens with zero attached hydrogens (tertiary/aromatic N) is 3. The van der Waals surface area contributed by atoms with Gasteiger partial charge in [-0.25, -0.2) is 4.99 Å². The van der Waals surface area contributed by atoms with Gasteiger partial charge in [-0.2, -0.15) is 0 Å². The van der Waals surface area contributed by atoms with Crippen LogP contribution in [0.4, 0.5) is 11.4 Å². The van der Waals surface area contributed by atoms with Crippen LogP contribution in [0, 0.1) is 10.8 Å². The van der Waals surface area contributed by atoms with Gasteiger partial charge in [0.25, 0.3) is 5.91 Å². The first-order valence-electron chi connectivity index (χ1n) is 15.0. The SMILES string of the molecule is CN(C)c1cc(NC(N)=NCc2ccccc2)c(O)c2c1CC(C)(C)C(C(=O)[C@]1(O)C(O)=C(C(N)=O)C(=O)C(N(C)C)C1(C)C)=C2O. The minimum atomic E-state index is -2.89. The van der Waals surface area contributed by atoms with Crippen molar-refractivity contribution in [2.24, 2.45) is 27.3 Å². The van der Waals surface area contributed by atoms with Crippen LogP contribution in [0.15, 0.2) is 58.3 Å². The van der Waals surface area contributed by atoms with E-state index in [-0.39, 0.29) is 35.7 Å². The van der Waals surface area contributed by atoms with Crippen molar-refractivity contribution < 1.29 is 34.8 Å². The number of carbonyl (C=O) groups excluding carboxylic acids is 3. The topological polar surface area (TPSA) is 215 Å². The highest BCUT2D eigenvalue weighted by Crippen LogP contribution is 2.54. The number of aromatic hydroxyl groups is 1. The quantitative estimate of drug-likeness (QED) is 0.0955. The zero-order chi connectivity index (χ0) is 35.4. The van der Waals surface area contributed by atoms with Crippen LogP contribution in [0.1, 0.15) is 44.4 Å². The summed E-state index contributed by atoms with van der Waals surface area (Å²) in [6.07, 6.45) is 0.103. The molecule has 252 valence electrons. The van der Waals surface area contributed by atoms with E-state index in [9.17, 15) is 34.8 Å². The van der Waals surface area contributed by atoms with Crippen LogP contribution >= 0.6 is 0 Å². The van der Waals surface area contributed by atoms with Crippen molar-refractivity contribution in [3.63, 3.8) is 0 Å². The molecule has 4 rings (SSSR count).